The van der Waals surface area contributed by atoms with E-state index in [0.29, 0.717) is 29.8 Å². The Morgan fingerprint density at radius 3 is 2.48 bits per heavy atom. The Labute approximate surface area is 155 Å². The van der Waals surface area contributed by atoms with Crippen LogP contribution in [0.25, 0.3) is 0 Å². The second-order valence-corrected chi connectivity index (χ2v) is 6.26. The minimum atomic E-state index is -0.237. The van der Waals surface area contributed by atoms with E-state index in [1.165, 1.54) is 5.06 Å². The molecule has 5 nitrogen and oxygen atoms in total. The van der Waals surface area contributed by atoms with Crippen LogP contribution in [-0.4, -0.2) is 25.4 Å². The molecule has 1 amide bonds. The third-order valence-corrected chi connectivity index (χ3v) is 4.00. The number of carbonyl (C=O) groups is 2. The van der Waals surface area contributed by atoms with Gasteiger partial charge in [0.2, 0.25) is 0 Å². The van der Waals surface area contributed by atoms with E-state index in [1.807, 2.05) is 19.1 Å². The van der Waals surface area contributed by atoms with Crippen molar-refractivity contribution in [1.82, 2.24) is 0 Å². The summed E-state index contributed by atoms with van der Waals surface area (Å²) < 4.78 is 6.01. The Kier molecular flexibility index (Phi) is 7.16. The summed E-state index contributed by atoms with van der Waals surface area (Å²) in [6.45, 7) is 1.68. The normalized spacial score (nSPS) is 10.4. The first kappa shape index (κ1) is 19.1. The number of hydroxylamine groups is 1. The first-order chi connectivity index (χ1) is 12.0. The maximum atomic E-state index is 12.4. The minimum absolute atomic E-state index is 0.191. The molecule has 0 saturated carbocycles. The van der Waals surface area contributed by atoms with Gasteiger partial charge in [0.1, 0.15) is 12.4 Å². The predicted octanol–water partition coefficient (Wildman–Crippen LogP) is 4.41. The molecule has 132 valence electrons. The summed E-state index contributed by atoms with van der Waals surface area (Å²) in [6.07, 6.45) is 1.03. The highest BCUT2D eigenvalue weighted by Crippen LogP contribution is 2.20. The molecule has 2 aromatic rings. The molecule has 0 aromatic heterocycles. The first-order valence-electron chi connectivity index (χ1n) is 7.94. The molecule has 0 aliphatic heterocycles. The lowest BCUT2D eigenvalue weighted by Crippen LogP contribution is -2.33. The highest BCUT2D eigenvalue weighted by molar-refractivity contribution is 9.10. The van der Waals surface area contributed by atoms with Gasteiger partial charge in [-0.25, -0.2) is 0 Å². The van der Waals surface area contributed by atoms with Crippen molar-refractivity contribution < 1.29 is 19.2 Å². The van der Waals surface area contributed by atoms with Gasteiger partial charge in [0.15, 0.2) is 5.78 Å². The second-order valence-electron chi connectivity index (χ2n) is 5.34. The van der Waals surface area contributed by atoms with Crippen LogP contribution in [0.1, 0.15) is 30.1 Å². The zero-order chi connectivity index (χ0) is 18.2. The lowest BCUT2D eigenvalue weighted by atomic mass is 10.1. The quantitative estimate of drug-likeness (QED) is 0.482. The van der Waals surface area contributed by atoms with E-state index in [1.54, 1.807) is 43.5 Å². The van der Waals surface area contributed by atoms with E-state index >= 15 is 0 Å². The van der Waals surface area contributed by atoms with Crippen molar-refractivity contribution in [2.45, 2.75) is 19.8 Å². The van der Waals surface area contributed by atoms with Crippen molar-refractivity contribution in [2.75, 3.05) is 18.8 Å². The summed E-state index contributed by atoms with van der Waals surface area (Å²) in [6, 6.07) is 14.0. The summed E-state index contributed by atoms with van der Waals surface area (Å²) >= 11 is 3.36. The molecule has 0 atom stereocenters. The summed E-state index contributed by atoms with van der Waals surface area (Å²) in [5.74, 6) is 0.172. The summed E-state index contributed by atoms with van der Waals surface area (Å²) in [5, 5.41) is 1.19. The largest absolute Gasteiger partial charge is 0.497 e. The molecule has 0 saturated heterocycles. The molecule has 6 heteroatoms. The molecule has 0 spiro atoms. The summed E-state index contributed by atoms with van der Waals surface area (Å²) in [7, 11) is 1.54. The number of halogens is 1. The number of methoxy groups -OCH3 is 1. The maximum Gasteiger partial charge on any atom is 0.250 e. The molecule has 0 fully saturated rings. The monoisotopic (exact) mass is 405 g/mol. The van der Waals surface area contributed by atoms with Gasteiger partial charge in [-0.2, -0.15) is 5.06 Å². The summed E-state index contributed by atoms with van der Waals surface area (Å²) in [5.41, 5.74) is 1.05. The van der Waals surface area contributed by atoms with Crippen LogP contribution in [-0.2, 0) is 9.63 Å². The van der Waals surface area contributed by atoms with Crippen LogP contribution in [0.15, 0.2) is 53.0 Å². The van der Waals surface area contributed by atoms with E-state index < -0.39 is 0 Å². The molecule has 0 aliphatic rings. The van der Waals surface area contributed by atoms with Gasteiger partial charge in [0.05, 0.1) is 12.8 Å². The molecule has 2 aromatic carbocycles. The molecule has 0 unspecified atom stereocenters. The lowest BCUT2D eigenvalue weighted by Gasteiger charge is -2.21. The molecular formula is C19H20BrNO4. The van der Waals surface area contributed by atoms with Crippen molar-refractivity contribution in [3.8, 4) is 5.75 Å². The standard InChI is InChI=1S/C19H20BrNO4/c1-3-5-19(23)21(16-10-8-15(20)9-11-16)25-13-18(22)14-6-4-7-17(12-14)24-2/h4,6-12H,3,5,13H2,1-2H3. The Morgan fingerprint density at radius 2 is 1.84 bits per heavy atom. The number of carbonyl (C=O) groups excluding carboxylic acids is 2. The van der Waals surface area contributed by atoms with Crippen molar-refractivity contribution in [1.29, 1.82) is 0 Å². The number of ether oxygens (including phenoxy) is 1. The van der Waals surface area contributed by atoms with Crippen molar-refractivity contribution in [3.63, 3.8) is 0 Å². The summed E-state index contributed by atoms with van der Waals surface area (Å²) in [4.78, 5) is 30.2. The van der Waals surface area contributed by atoms with Crippen molar-refractivity contribution in [3.05, 3.63) is 58.6 Å². The van der Waals surface area contributed by atoms with Crippen LogP contribution < -0.4 is 9.80 Å². The number of anilines is 1. The van der Waals surface area contributed by atoms with Crippen LogP contribution in [0, 0.1) is 0 Å². The molecule has 0 heterocycles. The Morgan fingerprint density at radius 1 is 1.12 bits per heavy atom. The molecular weight excluding hydrogens is 386 g/mol. The van der Waals surface area contributed by atoms with E-state index in [4.69, 9.17) is 9.57 Å². The van der Waals surface area contributed by atoms with E-state index in [-0.39, 0.29) is 18.3 Å². The topological polar surface area (TPSA) is 55.8 Å². The molecule has 0 bridgehead atoms. The van der Waals surface area contributed by atoms with Gasteiger partial charge in [-0.3, -0.25) is 14.4 Å². The SMILES string of the molecule is CCCC(=O)N(OCC(=O)c1cccc(OC)c1)c1ccc(Br)cc1. The van der Waals surface area contributed by atoms with Crippen LogP contribution in [0.3, 0.4) is 0 Å². The average molecular weight is 406 g/mol. The number of hydrogen-bond donors (Lipinski definition) is 0. The van der Waals surface area contributed by atoms with E-state index in [9.17, 15) is 9.59 Å². The Balaban J connectivity index is 2.12. The molecule has 0 aliphatic carbocycles. The highest BCUT2D eigenvalue weighted by atomic mass is 79.9. The maximum absolute atomic E-state index is 12.4. The minimum Gasteiger partial charge on any atom is -0.497 e. The van der Waals surface area contributed by atoms with Gasteiger partial charge in [-0.1, -0.05) is 35.0 Å². The van der Waals surface area contributed by atoms with Gasteiger partial charge in [0.25, 0.3) is 5.91 Å². The lowest BCUT2D eigenvalue weighted by molar-refractivity contribution is -0.125. The number of amides is 1. The van der Waals surface area contributed by atoms with Gasteiger partial charge in [-0.05, 0) is 42.8 Å². The molecule has 0 N–H and O–H groups in total. The molecule has 25 heavy (non-hydrogen) atoms. The van der Waals surface area contributed by atoms with E-state index in [2.05, 4.69) is 15.9 Å². The fourth-order valence-corrected chi connectivity index (χ4v) is 2.45. The number of benzene rings is 2. The number of nitrogens with zero attached hydrogens (tertiary/aromatic N) is 1. The highest BCUT2D eigenvalue weighted by Gasteiger charge is 2.18. The van der Waals surface area contributed by atoms with Crippen LogP contribution in [0.2, 0.25) is 0 Å². The van der Waals surface area contributed by atoms with Gasteiger partial charge < -0.3 is 4.74 Å². The van der Waals surface area contributed by atoms with Gasteiger partial charge in [-0.15, -0.1) is 0 Å². The van der Waals surface area contributed by atoms with Gasteiger partial charge in [0, 0.05) is 16.5 Å². The number of rotatable bonds is 8. The fourth-order valence-electron chi connectivity index (χ4n) is 2.19. The van der Waals surface area contributed by atoms with Crippen LogP contribution in [0.4, 0.5) is 5.69 Å². The number of ketones is 1. The zero-order valence-electron chi connectivity index (χ0n) is 14.2. The van der Waals surface area contributed by atoms with Crippen LogP contribution in [0.5, 0.6) is 5.75 Å². The number of hydrogen-bond acceptors (Lipinski definition) is 4. The Hall–Kier alpha value is -2.18. The first-order valence-corrected chi connectivity index (χ1v) is 8.73. The third kappa shape index (κ3) is 5.41. The third-order valence-electron chi connectivity index (χ3n) is 3.47. The number of Topliss-reactive ketones (excluding diaryl/α,β-unsaturated/α-hetero) is 1. The van der Waals surface area contributed by atoms with Crippen molar-refractivity contribution >= 4 is 33.3 Å². The van der Waals surface area contributed by atoms with Crippen molar-refractivity contribution in [2.24, 2.45) is 0 Å². The average Bonchev–Trinajstić information content (AvgIpc) is 2.63. The smallest absolute Gasteiger partial charge is 0.250 e. The zero-order valence-corrected chi connectivity index (χ0v) is 15.8. The fraction of sp³-hybridized carbons (Fsp3) is 0.263. The van der Waals surface area contributed by atoms with E-state index in [0.717, 1.165) is 4.47 Å². The van der Waals surface area contributed by atoms with Gasteiger partial charge >= 0.3 is 0 Å². The molecule has 0 radical (unpaired) electrons. The molecule has 2 rings (SSSR count). The van der Waals surface area contributed by atoms with Crippen LogP contribution >= 0.6 is 15.9 Å². The second kappa shape index (κ2) is 9.34. The predicted molar refractivity (Wildman–Crippen MR) is 99.8 cm³/mol. The Bertz CT molecular complexity index is 730.